The van der Waals surface area contributed by atoms with Gasteiger partial charge in [-0.25, -0.2) is 9.48 Å². The van der Waals surface area contributed by atoms with E-state index in [1.165, 1.54) is 23.0 Å². The molecule has 1 aromatic heterocycles. The normalized spacial score (nSPS) is 10.5. The SMILES string of the molecule is Cc1ccc(Oc2cnn(C)c(=O)c2Nc2ccc(C(=O)O)cc2)c(C)c1. The summed E-state index contributed by atoms with van der Waals surface area (Å²) in [5, 5.41) is 16.0. The van der Waals surface area contributed by atoms with Gasteiger partial charge in [0.25, 0.3) is 5.56 Å². The van der Waals surface area contributed by atoms with Gasteiger partial charge in [0.15, 0.2) is 11.4 Å². The summed E-state index contributed by atoms with van der Waals surface area (Å²) >= 11 is 0. The number of rotatable bonds is 5. The Kier molecular flexibility index (Phi) is 4.94. The van der Waals surface area contributed by atoms with Crippen LogP contribution in [-0.2, 0) is 7.05 Å². The minimum absolute atomic E-state index is 0.162. The van der Waals surface area contributed by atoms with Crippen LogP contribution in [0.15, 0.2) is 53.5 Å². The van der Waals surface area contributed by atoms with Crippen LogP contribution in [0.5, 0.6) is 11.5 Å². The van der Waals surface area contributed by atoms with Gasteiger partial charge in [-0.2, -0.15) is 5.10 Å². The van der Waals surface area contributed by atoms with Gasteiger partial charge in [0.05, 0.1) is 11.8 Å². The van der Waals surface area contributed by atoms with Crippen molar-refractivity contribution in [3.05, 3.63) is 75.7 Å². The number of carboxylic acid groups (broad SMARTS) is 1. The van der Waals surface area contributed by atoms with Gasteiger partial charge in [-0.3, -0.25) is 4.79 Å². The van der Waals surface area contributed by atoms with Crippen LogP contribution >= 0.6 is 0 Å². The number of hydrogen-bond acceptors (Lipinski definition) is 5. The molecule has 0 aliphatic rings. The van der Waals surface area contributed by atoms with Crippen molar-refractivity contribution in [1.29, 1.82) is 0 Å². The lowest BCUT2D eigenvalue weighted by Gasteiger charge is -2.14. The highest BCUT2D eigenvalue weighted by Crippen LogP contribution is 2.30. The highest BCUT2D eigenvalue weighted by Gasteiger charge is 2.14. The molecule has 7 nitrogen and oxygen atoms in total. The molecule has 0 aliphatic heterocycles. The number of nitrogens with one attached hydrogen (secondary N) is 1. The summed E-state index contributed by atoms with van der Waals surface area (Å²) in [4.78, 5) is 23.5. The molecule has 0 radical (unpaired) electrons. The fraction of sp³-hybridized carbons (Fsp3) is 0.150. The van der Waals surface area contributed by atoms with Gasteiger partial charge in [0.1, 0.15) is 5.75 Å². The fourth-order valence-electron chi connectivity index (χ4n) is 2.59. The van der Waals surface area contributed by atoms with Crippen molar-refractivity contribution >= 4 is 17.3 Å². The molecule has 3 rings (SSSR count). The smallest absolute Gasteiger partial charge is 0.335 e. The van der Waals surface area contributed by atoms with Crippen molar-refractivity contribution in [2.75, 3.05) is 5.32 Å². The second kappa shape index (κ2) is 7.33. The second-order valence-corrected chi connectivity index (χ2v) is 6.19. The first-order valence-corrected chi connectivity index (χ1v) is 8.27. The van der Waals surface area contributed by atoms with E-state index in [1.54, 1.807) is 19.2 Å². The minimum Gasteiger partial charge on any atom is -0.478 e. The summed E-state index contributed by atoms with van der Waals surface area (Å²) in [7, 11) is 1.54. The van der Waals surface area contributed by atoms with Crippen LogP contribution in [0, 0.1) is 13.8 Å². The number of benzene rings is 2. The van der Waals surface area contributed by atoms with Crippen molar-refractivity contribution in [3.8, 4) is 11.5 Å². The number of carbonyl (C=O) groups is 1. The van der Waals surface area contributed by atoms with E-state index < -0.39 is 5.97 Å². The highest BCUT2D eigenvalue weighted by molar-refractivity contribution is 5.88. The van der Waals surface area contributed by atoms with Crippen molar-refractivity contribution < 1.29 is 14.6 Å². The fourth-order valence-corrected chi connectivity index (χ4v) is 2.59. The molecule has 2 aromatic carbocycles. The van der Waals surface area contributed by atoms with Gasteiger partial charge in [-0.1, -0.05) is 17.7 Å². The molecule has 3 aromatic rings. The van der Waals surface area contributed by atoms with Crippen LogP contribution in [0.2, 0.25) is 0 Å². The lowest BCUT2D eigenvalue weighted by atomic mass is 10.1. The van der Waals surface area contributed by atoms with E-state index >= 15 is 0 Å². The number of nitrogens with zero attached hydrogens (tertiary/aromatic N) is 2. The van der Waals surface area contributed by atoms with E-state index in [0.29, 0.717) is 11.4 Å². The predicted molar refractivity (Wildman–Crippen MR) is 102 cm³/mol. The number of hydrogen-bond donors (Lipinski definition) is 2. The molecule has 1 heterocycles. The van der Waals surface area contributed by atoms with Crippen molar-refractivity contribution in [2.24, 2.45) is 7.05 Å². The van der Waals surface area contributed by atoms with Gasteiger partial charge in [-0.05, 0) is 49.7 Å². The zero-order valence-corrected chi connectivity index (χ0v) is 15.2. The Hall–Kier alpha value is -3.61. The third-order valence-corrected chi connectivity index (χ3v) is 4.05. The molecule has 0 aliphatic carbocycles. The Morgan fingerprint density at radius 2 is 1.81 bits per heavy atom. The summed E-state index contributed by atoms with van der Waals surface area (Å²) in [6, 6.07) is 11.8. The summed E-state index contributed by atoms with van der Waals surface area (Å²) in [6.45, 7) is 3.92. The van der Waals surface area contributed by atoms with E-state index in [1.807, 2.05) is 32.0 Å². The van der Waals surface area contributed by atoms with Gasteiger partial charge >= 0.3 is 5.97 Å². The maximum Gasteiger partial charge on any atom is 0.335 e. The number of carboxylic acids is 1. The van der Waals surface area contributed by atoms with Crippen LogP contribution < -0.4 is 15.6 Å². The predicted octanol–water partition coefficient (Wildman–Crippen LogP) is 3.63. The van der Waals surface area contributed by atoms with Crippen LogP contribution in [0.25, 0.3) is 0 Å². The highest BCUT2D eigenvalue weighted by atomic mass is 16.5. The molecular formula is C20H19N3O4. The lowest BCUT2D eigenvalue weighted by Crippen LogP contribution is -2.22. The number of aryl methyl sites for hydroxylation is 3. The maximum atomic E-state index is 12.6. The van der Waals surface area contributed by atoms with Crippen molar-refractivity contribution in [2.45, 2.75) is 13.8 Å². The molecule has 0 unspecified atom stereocenters. The number of aromatic carboxylic acids is 1. The van der Waals surface area contributed by atoms with E-state index in [-0.39, 0.29) is 22.6 Å². The zero-order valence-electron chi connectivity index (χ0n) is 15.2. The summed E-state index contributed by atoms with van der Waals surface area (Å²) in [6.07, 6.45) is 1.47. The Labute approximate surface area is 155 Å². The van der Waals surface area contributed by atoms with Gasteiger partial charge in [0, 0.05) is 12.7 Å². The Morgan fingerprint density at radius 1 is 1.11 bits per heavy atom. The van der Waals surface area contributed by atoms with Crippen molar-refractivity contribution in [3.63, 3.8) is 0 Å². The monoisotopic (exact) mass is 365 g/mol. The molecule has 0 saturated carbocycles. The van der Waals surface area contributed by atoms with Crippen molar-refractivity contribution in [1.82, 2.24) is 9.78 Å². The lowest BCUT2D eigenvalue weighted by molar-refractivity contribution is 0.0697. The first-order chi connectivity index (χ1) is 12.8. The molecular weight excluding hydrogens is 346 g/mol. The first-order valence-electron chi connectivity index (χ1n) is 8.27. The summed E-state index contributed by atoms with van der Waals surface area (Å²) < 4.78 is 7.13. The molecule has 138 valence electrons. The molecule has 0 amide bonds. The van der Waals surface area contributed by atoms with Crippen LogP contribution in [-0.4, -0.2) is 20.9 Å². The molecule has 0 fully saturated rings. The molecule has 0 bridgehead atoms. The third kappa shape index (κ3) is 3.98. The first kappa shape index (κ1) is 18.2. The quantitative estimate of drug-likeness (QED) is 0.717. The summed E-state index contributed by atoms with van der Waals surface area (Å²) in [5.41, 5.74) is 2.63. The number of aromatic nitrogens is 2. The standard InChI is InChI=1S/C20H19N3O4/c1-12-4-9-16(13(2)10-12)27-17-11-21-23(3)19(24)18(17)22-15-7-5-14(6-8-15)20(25)26/h4-11,22H,1-3H3,(H,25,26). The molecule has 27 heavy (non-hydrogen) atoms. The van der Waals surface area contributed by atoms with Gasteiger partial charge < -0.3 is 15.2 Å². The Morgan fingerprint density at radius 3 is 2.44 bits per heavy atom. The summed E-state index contributed by atoms with van der Waals surface area (Å²) in [5.74, 6) is -0.104. The van der Waals surface area contributed by atoms with Crippen LogP contribution in [0.1, 0.15) is 21.5 Å². The minimum atomic E-state index is -1.01. The molecule has 0 saturated heterocycles. The van der Waals surface area contributed by atoms with E-state index in [2.05, 4.69) is 10.4 Å². The largest absolute Gasteiger partial charge is 0.478 e. The molecule has 0 spiro atoms. The zero-order chi connectivity index (χ0) is 19.6. The van der Waals surface area contributed by atoms with E-state index in [4.69, 9.17) is 9.84 Å². The average Bonchev–Trinajstić information content (AvgIpc) is 2.63. The topological polar surface area (TPSA) is 93.5 Å². The Bertz CT molecular complexity index is 1060. The number of ether oxygens (including phenoxy) is 1. The number of anilines is 2. The van der Waals surface area contributed by atoms with Gasteiger partial charge in [0.2, 0.25) is 0 Å². The average molecular weight is 365 g/mol. The second-order valence-electron chi connectivity index (χ2n) is 6.19. The van der Waals surface area contributed by atoms with E-state index in [0.717, 1.165) is 11.1 Å². The van der Waals surface area contributed by atoms with E-state index in [9.17, 15) is 9.59 Å². The van der Waals surface area contributed by atoms with Crippen LogP contribution in [0.4, 0.5) is 11.4 Å². The maximum absolute atomic E-state index is 12.6. The molecule has 7 heteroatoms. The third-order valence-electron chi connectivity index (χ3n) is 4.05. The molecule has 2 N–H and O–H groups in total. The van der Waals surface area contributed by atoms with Gasteiger partial charge in [-0.15, -0.1) is 0 Å². The van der Waals surface area contributed by atoms with Crippen LogP contribution in [0.3, 0.4) is 0 Å². The Balaban J connectivity index is 1.97. The molecule has 0 atom stereocenters.